The summed E-state index contributed by atoms with van der Waals surface area (Å²) >= 11 is 16.8. The van der Waals surface area contributed by atoms with Crippen LogP contribution in [0.3, 0.4) is 0 Å². The lowest BCUT2D eigenvalue weighted by Gasteiger charge is -1.94. The molecule has 1 rings (SSSR count). The summed E-state index contributed by atoms with van der Waals surface area (Å²) in [7, 11) is 0. The van der Waals surface area contributed by atoms with Crippen molar-refractivity contribution in [1.29, 1.82) is 0 Å². The standard InChI is InChI=1S/C6H3Cl3.ClH/c7-4-2-1-3-5(8)6(4)9;/h1-3H;1H. The van der Waals surface area contributed by atoms with Gasteiger partial charge >= 0.3 is 0 Å². The fourth-order valence-electron chi connectivity index (χ4n) is 0.477. The van der Waals surface area contributed by atoms with Gasteiger partial charge in [0.25, 0.3) is 0 Å². The van der Waals surface area contributed by atoms with Crippen molar-refractivity contribution in [3.8, 4) is 0 Å². The molecule has 0 spiro atoms. The van der Waals surface area contributed by atoms with E-state index in [-0.39, 0.29) is 12.4 Å². The van der Waals surface area contributed by atoms with Crippen LogP contribution < -0.4 is 0 Å². The van der Waals surface area contributed by atoms with Gasteiger partial charge in [-0.05, 0) is 12.1 Å². The smallest absolute Gasteiger partial charge is 0.0778 e. The summed E-state index contributed by atoms with van der Waals surface area (Å²) in [6, 6.07) is 5.13. The summed E-state index contributed by atoms with van der Waals surface area (Å²) in [5.74, 6) is 0. The molecule has 0 fully saturated rings. The van der Waals surface area contributed by atoms with E-state index in [4.69, 9.17) is 34.8 Å². The van der Waals surface area contributed by atoms with Gasteiger partial charge < -0.3 is 0 Å². The zero-order valence-corrected chi connectivity index (χ0v) is 7.86. The van der Waals surface area contributed by atoms with Crippen LogP contribution in [0.5, 0.6) is 0 Å². The van der Waals surface area contributed by atoms with Gasteiger partial charge in [-0.2, -0.15) is 0 Å². The third kappa shape index (κ3) is 2.21. The molecule has 0 nitrogen and oxygen atoms in total. The van der Waals surface area contributed by atoms with E-state index in [1.54, 1.807) is 18.2 Å². The molecule has 0 bridgehead atoms. The van der Waals surface area contributed by atoms with Crippen LogP contribution >= 0.6 is 47.2 Å². The number of hydrogen-bond donors (Lipinski definition) is 0. The van der Waals surface area contributed by atoms with Crippen molar-refractivity contribution in [2.24, 2.45) is 0 Å². The first-order valence-corrected chi connectivity index (χ1v) is 3.44. The lowest BCUT2D eigenvalue weighted by molar-refractivity contribution is 1.70. The lowest BCUT2D eigenvalue weighted by Crippen LogP contribution is -1.67. The van der Waals surface area contributed by atoms with Crippen molar-refractivity contribution in [3.63, 3.8) is 0 Å². The Balaban J connectivity index is 0.000000810. The summed E-state index contributed by atoms with van der Waals surface area (Å²) < 4.78 is 0. The summed E-state index contributed by atoms with van der Waals surface area (Å²) in [5.41, 5.74) is 0. The maximum Gasteiger partial charge on any atom is 0.0778 e. The van der Waals surface area contributed by atoms with Gasteiger partial charge in [0.15, 0.2) is 0 Å². The third-order valence-electron chi connectivity index (χ3n) is 0.904. The molecule has 0 radical (unpaired) electrons. The molecule has 4 heteroatoms. The Morgan fingerprint density at radius 2 is 1.30 bits per heavy atom. The SMILES string of the molecule is Cl.Clc1cccc(Cl)c1Cl. The highest BCUT2D eigenvalue weighted by molar-refractivity contribution is 6.47. The summed E-state index contributed by atoms with van der Waals surface area (Å²) in [6.45, 7) is 0. The molecule has 0 saturated carbocycles. The third-order valence-corrected chi connectivity index (χ3v) is 2.14. The molecule has 0 N–H and O–H groups in total. The number of hydrogen-bond acceptors (Lipinski definition) is 0. The molecule has 0 heterocycles. The number of benzene rings is 1. The van der Waals surface area contributed by atoms with E-state index >= 15 is 0 Å². The van der Waals surface area contributed by atoms with Crippen LogP contribution in [0.2, 0.25) is 15.1 Å². The van der Waals surface area contributed by atoms with Gasteiger partial charge in [0.05, 0.1) is 15.1 Å². The van der Waals surface area contributed by atoms with Crippen molar-refractivity contribution in [3.05, 3.63) is 33.3 Å². The van der Waals surface area contributed by atoms with Crippen LogP contribution in [0.15, 0.2) is 18.2 Å². The van der Waals surface area contributed by atoms with Crippen molar-refractivity contribution in [1.82, 2.24) is 0 Å². The molecule has 0 atom stereocenters. The summed E-state index contributed by atoms with van der Waals surface area (Å²) in [5, 5.41) is 1.40. The van der Waals surface area contributed by atoms with Gasteiger partial charge in [0.1, 0.15) is 0 Å². The van der Waals surface area contributed by atoms with Gasteiger partial charge in [0, 0.05) is 0 Å². The van der Waals surface area contributed by atoms with Crippen molar-refractivity contribution >= 4 is 47.2 Å². The van der Waals surface area contributed by atoms with Crippen LogP contribution in [-0.4, -0.2) is 0 Å². The van der Waals surface area contributed by atoms with Gasteiger partial charge in [-0.3, -0.25) is 0 Å². The number of halogens is 4. The second kappa shape index (κ2) is 4.30. The van der Waals surface area contributed by atoms with E-state index in [9.17, 15) is 0 Å². The van der Waals surface area contributed by atoms with Gasteiger partial charge in [-0.1, -0.05) is 40.9 Å². The Labute approximate surface area is 80.5 Å². The Morgan fingerprint density at radius 3 is 1.60 bits per heavy atom. The fourth-order valence-corrected chi connectivity index (χ4v) is 1.00. The minimum absolute atomic E-state index is 0. The lowest BCUT2D eigenvalue weighted by atomic mass is 10.4. The van der Waals surface area contributed by atoms with Crippen molar-refractivity contribution in [2.75, 3.05) is 0 Å². The number of rotatable bonds is 0. The Kier molecular flexibility index (Phi) is 4.46. The largest absolute Gasteiger partial charge is 0.147 e. The van der Waals surface area contributed by atoms with E-state index in [0.717, 1.165) is 0 Å². The Bertz CT molecular complexity index is 201. The quantitative estimate of drug-likeness (QED) is 0.575. The first-order chi connectivity index (χ1) is 4.22. The van der Waals surface area contributed by atoms with Gasteiger partial charge in [0.2, 0.25) is 0 Å². The van der Waals surface area contributed by atoms with Crippen LogP contribution in [0.1, 0.15) is 0 Å². The van der Waals surface area contributed by atoms with Crippen molar-refractivity contribution in [2.45, 2.75) is 0 Å². The van der Waals surface area contributed by atoms with Crippen molar-refractivity contribution < 1.29 is 0 Å². The highest BCUT2D eigenvalue weighted by atomic mass is 35.5. The molecule has 1 aromatic rings. The fraction of sp³-hybridized carbons (Fsp3) is 0. The molecule has 0 aliphatic rings. The van der Waals surface area contributed by atoms with E-state index in [1.165, 1.54) is 0 Å². The maximum atomic E-state index is 5.61. The molecule has 0 unspecified atom stereocenters. The molecule has 0 amide bonds. The molecule has 0 aromatic heterocycles. The van der Waals surface area contributed by atoms with Crippen LogP contribution in [0.25, 0.3) is 0 Å². The minimum atomic E-state index is 0. The highest BCUT2D eigenvalue weighted by Gasteiger charge is 1.98. The molecule has 56 valence electrons. The molecular weight excluding hydrogens is 214 g/mol. The van der Waals surface area contributed by atoms with Crippen LogP contribution in [0, 0.1) is 0 Å². The van der Waals surface area contributed by atoms with Crippen LogP contribution in [0.4, 0.5) is 0 Å². The summed E-state index contributed by atoms with van der Waals surface area (Å²) in [4.78, 5) is 0. The minimum Gasteiger partial charge on any atom is -0.147 e. The van der Waals surface area contributed by atoms with E-state index in [0.29, 0.717) is 15.1 Å². The molecular formula is C6H4Cl4. The second-order valence-corrected chi connectivity index (χ2v) is 2.73. The first-order valence-electron chi connectivity index (χ1n) is 2.31. The molecule has 10 heavy (non-hydrogen) atoms. The second-order valence-electron chi connectivity index (χ2n) is 1.54. The van der Waals surface area contributed by atoms with E-state index in [1.807, 2.05) is 0 Å². The Hall–Kier alpha value is 0.380. The zero-order valence-electron chi connectivity index (χ0n) is 4.77. The summed E-state index contributed by atoms with van der Waals surface area (Å²) in [6.07, 6.45) is 0. The topological polar surface area (TPSA) is 0 Å². The first kappa shape index (κ1) is 10.4. The predicted molar refractivity (Wildman–Crippen MR) is 48.7 cm³/mol. The van der Waals surface area contributed by atoms with Gasteiger partial charge in [-0.25, -0.2) is 0 Å². The normalized spacial score (nSPS) is 8.70. The average Bonchev–Trinajstić information content (AvgIpc) is 1.83. The highest BCUT2D eigenvalue weighted by Crippen LogP contribution is 2.28. The molecule has 0 aliphatic carbocycles. The monoisotopic (exact) mass is 216 g/mol. The zero-order chi connectivity index (χ0) is 6.85. The molecule has 0 saturated heterocycles. The maximum absolute atomic E-state index is 5.61. The Morgan fingerprint density at radius 1 is 0.900 bits per heavy atom. The van der Waals surface area contributed by atoms with Gasteiger partial charge in [-0.15, -0.1) is 12.4 Å². The predicted octanol–water partition coefficient (Wildman–Crippen LogP) is 4.07. The van der Waals surface area contributed by atoms with E-state index in [2.05, 4.69) is 0 Å². The van der Waals surface area contributed by atoms with E-state index < -0.39 is 0 Å². The molecule has 1 aromatic carbocycles. The average molecular weight is 218 g/mol. The molecule has 0 aliphatic heterocycles. The van der Waals surface area contributed by atoms with Crippen LogP contribution in [-0.2, 0) is 0 Å².